The Bertz CT molecular complexity index is 806. The number of aliphatic hydroxyl groups is 2. The van der Waals surface area contributed by atoms with Crippen molar-refractivity contribution in [3.8, 4) is 0 Å². The van der Waals surface area contributed by atoms with Gasteiger partial charge in [0.1, 0.15) is 12.2 Å². The zero-order chi connectivity index (χ0) is 22.2. The second-order valence-corrected chi connectivity index (χ2v) is 7.30. The molecule has 0 amide bonds. The molecule has 1 aliphatic heterocycles. The first-order chi connectivity index (χ1) is 15.0. The normalized spacial score (nSPS) is 28.7. The van der Waals surface area contributed by atoms with E-state index < -0.39 is 41.7 Å². The van der Waals surface area contributed by atoms with Crippen LogP contribution >= 0.6 is 0 Å². The minimum Gasteiger partial charge on any atom is -0.383 e. The molecule has 0 bridgehead atoms. The van der Waals surface area contributed by atoms with E-state index >= 15 is 0 Å². The second kappa shape index (κ2) is 11.3. The van der Waals surface area contributed by atoms with E-state index in [9.17, 15) is 20.3 Å². The van der Waals surface area contributed by atoms with E-state index in [4.69, 9.17) is 18.9 Å². The molecule has 9 nitrogen and oxygen atoms in total. The molecule has 3 rings (SSSR count). The molecule has 168 valence electrons. The summed E-state index contributed by atoms with van der Waals surface area (Å²) in [6.45, 7) is 0.199. The first-order valence-corrected chi connectivity index (χ1v) is 9.96. The average Bonchev–Trinajstić information content (AvgIpc) is 2.87. The van der Waals surface area contributed by atoms with Crippen molar-refractivity contribution in [2.75, 3.05) is 13.7 Å². The number of ether oxygens (including phenoxy) is 4. The van der Waals surface area contributed by atoms with Crippen LogP contribution in [0.5, 0.6) is 0 Å². The van der Waals surface area contributed by atoms with Crippen LogP contribution in [0.3, 0.4) is 0 Å². The maximum absolute atomic E-state index is 11.7. The van der Waals surface area contributed by atoms with Gasteiger partial charge in [0.05, 0.1) is 19.8 Å². The highest BCUT2D eigenvalue weighted by Crippen LogP contribution is 2.26. The van der Waals surface area contributed by atoms with E-state index in [0.717, 1.165) is 11.1 Å². The van der Waals surface area contributed by atoms with E-state index in [1.54, 1.807) is 0 Å². The molecule has 2 aromatic carbocycles. The molecule has 0 aromatic heterocycles. The third-order valence-electron chi connectivity index (χ3n) is 5.15. The van der Waals surface area contributed by atoms with Gasteiger partial charge in [-0.2, -0.15) is 0 Å². The lowest BCUT2D eigenvalue weighted by Crippen LogP contribution is -2.52. The predicted octanol–water partition coefficient (Wildman–Crippen LogP) is 1.53. The molecule has 0 radical (unpaired) electrons. The number of benzene rings is 2. The number of hydrogen-bond acceptors (Lipinski definition) is 8. The third kappa shape index (κ3) is 6.07. The largest absolute Gasteiger partial charge is 0.383 e. The number of aliphatic hydroxyl groups excluding tert-OH is 2. The van der Waals surface area contributed by atoms with Crippen LogP contribution in [0.15, 0.2) is 60.7 Å². The van der Waals surface area contributed by atoms with Crippen molar-refractivity contribution < 1.29 is 34.1 Å². The topological polar surface area (TPSA) is 121 Å². The summed E-state index contributed by atoms with van der Waals surface area (Å²) in [5.74, 6) is 0. The molecule has 0 unspecified atom stereocenters. The van der Waals surface area contributed by atoms with Crippen molar-refractivity contribution >= 4 is 0 Å². The lowest BCUT2D eigenvalue weighted by molar-refractivity contribution is -0.549. The van der Waals surface area contributed by atoms with Gasteiger partial charge in [0.2, 0.25) is 0 Å². The Morgan fingerprint density at radius 2 is 1.55 bits per heavy atom. The van der Waals surface area contributed by atoms with Crippen molar-refractivity contribution in [3.05, 3.63) is 81.9 Å². The van der Waals surface area contributed by atoms with Crippen molar-refractivity contribution in [1.29, 1.82) is 0 Å². The Labute approximate surface area is 180 Å². The predicted molar refractivity (Wildman–Crippen MR) is 110 cm³/mol. The van der Waals surface area contributed by atoms with Crippen LogP contribution in [0.1, 0.15) is 11.1 Å². The van der Waals surface area contributed by atoms with Crippen LogP contribution in [0.2, 0.25) is 0 Å². The Hall–Kier alpha value is -2.40. The Morgan fingerprint density at radius 3 is 2.10 bits per heavy atom. The average molecular weight is 433 g/mol. The van der Waals surface area contributed by atoms with Gasteiger partial charge in [-0.25, -0.2) is 0 Å². The van der Waals surface area contributed by atoms with Crippen LogP contribution in [-0.4, -0.2) is 65.6 Å². The standard InChI is InChI=1S/C22H27NO8/c1-28-22-21(30-13-16-10-6-3-7-11-16)20(25)18(23(26)27)19(24)17(31-22)14-29-12-15-8-4-2-5-9-15/h2-11,17-22,24-25H,12-14H2,1H3/t17-,18+,19-,20+,21+,22+/m1/s1. The monoisotopic (exact) mass is 433 g/mol. The summed E-state index contributed by atoms with van der Waals surface area (Å²) >= 11 is 0. The quantitative estimate of drug-likeness (QED) is 0.451. The van der Waals surface area contributed by atoms with E-state index in [1.807, 2.05) is 60.7 Å². The summed E-state index contributed by atoms with van der Waals surface area (Å²) in [5.41, 5.74) is 1.72. The molecule has 9 heteroatoms. The first kappa shape index (κ1) is 23.3. The van der Waals surface area contributed by atoms with E-state index in [-0.39, 0.29) is 19.8 Å². The highest BCUT2D eigenvalue weighted by Gasteiger charge is 2.52. The zero-order valence-electron chi connectivity index (χ0n) is 17.2. The first-order valence-electron chi connectivity index (χ1n) is 9.96. The van der Waals surface area contributed by atoms with Crippen molar-refractivity contribution in [2.45, 2.75) is 50.0 Å². The number of rotatable bonds is 9. The lowest BCUT2D eigenvalue weighted by Gasteiger charge is -2.28. The van der Waals surface area contributed by atoms with E-state index in [0.29, 0.717) is 0 Å². The zero-order valence-corrected chi connectivity index (χ0v) is 17.2. The molecule has 2 N–H and O–H groups in total. The fourth-order valence-corrected chi connectivity index (χ4v) is 3.50. The number of methoxy groups -OCH3 is 1. The summed E-state index contributed by atoms with van der Waals surface area (Å²) in [6, 6.07) is 16.8. The molecule has 2 aromatic rings. The van der Waals surface area contributed by atoms with Gasteiger partial charge < -0.3 is 29.2 Å². The minimum absolute atomic E-state index is 0.0848. The Balaban J connectivity index is 1.72. The molecule has 1 heterocycles. The molecule has 1 saturated heterocycles. The lowest BCUT2D eigenvalue weighted by atomic mass is 9.98. The van der Waals surface area contributed by atoms with Gasteiger partial charge in [0.15, 0.2) is 18.5 Å². The number of nitro groups is 1. The van der Waals surface area contributed by atoms with Crippen LogP contribution in [0.4, 0.5) is 0 Å². The molecule has 31 heavy (non-hydrogen) atoms. The molecular weight excluding hydrogens is 406 g/mol. The SMILES string of the molecule is CO[C@H]1O[C@H](COCc2ccccc2)[C@@H](O)[C@H]([N+](=O)[O-])[C@H](O)[C@@H]1OCc1ccccc1. The van der Waals surface area contributed by atoms with E-state index in [1.165, 1.54) is 7.11 Å². The van der Waals surface area contributed by atoms with Crippen LogP contribution < -0.4 is 0 Å². The molecule has 1 fully saturated rings. The molecular formula is C22H27NO8. The molecule has 0 spiro atoms. The molecule has 1 aliphatic rings. The van der Waals surface area contributed by atoms with Crippen LogP contribution in [-0.2, 0) is 32.2 Å². The summed E-state index contributed by atoms with van der Waals surface area (Å²) in [6.07, 6.45) is -6.69. The Kier molecular flexibility index (Phi) is 8.47. The third-order valence-corrected chi connectivity index (χ3v) is 5.15. The van der Waals surface area contributed by atoms with Gasteiger partial charge >= 0.3 is 0 Å². The smallest absolute Gasteiger partial charge is 0.269 e. The van der Waals surface area contributed by atoms with Crippen LogP contribution in [0, 0.1) is 10.1 Å². The van der Waals surface area contributed by atoms with Crippen molar-refractivity contribution in [2.24, 2.45) is 0 Å². The fourth-order valence-electron chi connectivity index (χ4n) is 3.50. The molecule has 6 atom stereocenters. The highest BCUT2D eigenvalue weighted by atomic mass is 16.7. The van der Waals surface area contributed by atoms with Crippen molar-refractivity contribution in [1.82, 2.24) is 0 Å². The van der Waals surface area contributed by atoms with Crippen molar-refractivity contribution in [3.63, 3.8) is 0 Å². The van der Waals surface area contributed by atoms with Crippen LogP contribution in [0.25, 0.3) is 0 Å². The van der Waals surface area contributed by atoms with Gasteiger partial charge in [-0.15, -0.1) is 0 Å². The Morgan fingerprint density at radius 1 is 0.968 bits per heavy atom. The second-order valence-electron chi connectivity index (χ2n) is 7.30. The molecule has 0 saturated carbocycles. The van der Waals surface area contributed by atoms with Gasteiger partial charge in [-0.1, -0.05) is 60.7 Å². The maximum Gasteiger partial charge on any atom is 0.269 e. The number of hydrogen-bond donors (Lipinski definition) is 2. The maximum atomic E-state index is 11.7. The fraction of sp³-hybridized carbons (Fsp3) is 0.455. The van der Waals surface area contributed by atoms with Gasteiger partial charge in [0, 0.05) is 12.0 Å². The van der Waals surface area contributed by atoms with Gasteiger partial charge in [-0.05, 0) is 11.1 Å². The van der Waals surface area contributed by atoms with Gasteiger partial charge in [-0.3, -0.25) is 10.1 Å². The number of nitrogens with zero attached hydrogens (tertiary/aromatic N) is 1. The summed E-state index contributed by atoms with van der Waals surface area (Å²) in [5, 5.41) is 33.0. The summed E-state index contributed by atoms with van der Waals surface area (Å²) in [4.78, 5) is 11.0. The van der Waals surface area contributed by atoms with Gasteiger partial charge in [0.25, 0.3) is 6.04 Å². The van der Waals surface area contributed by atoms with E-state index in [2.05, 4.69) is 0 Å². The highest BCUT2D eigenvalue weighted by molar-refractivity contribution is 5.14. The molecule has 0 aliphatic carbocycles. The summed E-state index contributed by atoms with van der Waals surface area (Å²) < 4.78 is 22.5. The summed E-state index contributed by atoms with van der Waals surface area (Å²) in [7, 11) is 1.34. The minimum atomic E-state index is -1.73.